The minimum absolute atomic E-state index is 0.220. The summed E-state index contributed by atoms with van der Waals surface area (Å²) in [6.07, 6.45) is 6.54. The third-order valence-electron chi connectivity index (χ3n) is 5.48. The molecule has 3 rings (SSSR count). The number of carbonyl (C=O) groups is 3. The van der Waals surface area contributed by atoms with Gasteiger partial charge < -0.3 is 21.7 Å². The van der Waals surface area contributed by atoms with Crippen LogP contribution >= 0.6 is 12.6 Å². The summed E-state index contributed by atoms with van der Waals surface area (Å²) in [5, 5.41) is 18.1. The lowest BCUT2D eigenvalue weighted by Gasteiger charge is -2.08. The number of hydrogen-bond donors (Lipinski definition) is 5. The first-order valence-corrected chi connectivity index (χ1v) is 12.3. The van der Waals surface area contributed by atoms with E-state index in [1.165, 1.54) is 25.7 Å². The Morgan fingerprint density at radius 2 is 1.66 bits per heavy atom. The number of carboxylic acids is 1. The van der Waals surface area contributed by atoms with Crippen molar-refractivity contribution in [3.05, 3.63) is 54.1 Å². The molecule has 7 nitrogen and oxygen atoms in total. The van der Waals surface area contributed by atoms with E-state index in [4.69, 9.17) is 16.6 Å². The molecule has 0 radical (unpaired) electrons. The normalized spacial score (nSPS) is 14.7. The number of rotatable bonds is 8. The van der Waals surface area contributed by atoms with E-state index in [9.17, 15) is 19.5 Å². The summed E-state index contributed by atoms with van der Waals surface area (Å²) in [7, 11) is 0. The molecule has 35 heavy (non-hydrogen) atoms. The molecule has 192 valence electrons. The molecule has 0 saturated heterocycles. The number of aromatic hydroxyl groups is 1. The summed E-state index contributed by atoms with van der Waals surface area (Å²) in [6, 6.07) is 14.1. The molecular formula is C27H38N2O5S. The second-order valence-electron chi connectivity index (χ2n) is 9.07. The van der Waals surface area contributed by atoms with E-state index in [1.54, 1.807) is 12.1 Å². The van der Waals surface area contributed by atoms with Crippen molar-refractivity contribution in [3.8, 4) is 16.9 Å². The fourth-order valence-electron chi connectivity index (χ4n) is 3.48. The molecule has 2 aromatic carbocycles. The van der Waals surface area contributed by atoms with Gasteiger partial charge in [0, 0.05) is 11.6 Å². The summed E-state index contributed by atoms with van der Waals surface area (Å²) < 4.78 is 0. The third-order valence-corrected chi connectivity index (χ3v) is 5.95. The van der Waals surface area contributed by atoms with Crippen molar-refractivity contribution in [1.29, 1.82) is 0 Å². The van der Waals surface area contributed by atoms with Crippen LogP contribution in [0.25, 0.3) is 11.1 Å². The lowest BCUT2D eigenvalue weighted by atomic mass is 10.0. The molecule has 1 aliphatic rings. The van der Waals surface area contributed by atoms with Gasteiger partial charge in [0.2, 0.25) is 5.78 Å². The number of hydrogen-bond acceptors (Lipinski definition) is 7. The van der Waals surface area contributed by atoms with Gasteiger partial charge in [-0.1, -0.05) is 69.2 Å². The van der Waals surface area contributed by atoms with Gasteiger partial charge in [-0.3, -0.25) is 14.4 Å². The van der Waals surface area contributed by atoms with E-state index in [1.807, 2.05) is 50.2 Å². The number of nitrogens with two attached hydrogens (primary N) is 2. The van der Waals surface area contributed by atoms with Gasteiger partial charge in [-0.2, -0.15) is 12.6 Å². The van der Waals surface area contributed by atoms with Gasteiger partial charge in [-0.25, -0.2) is 0 Å². The van der Waals surface area contributed by atoms with Crippen LogP contribution in [0.15, 0.2) is 48.5 Å². The number of carboxylic acid groups (broad SMARTS) is 1. The van der Waals surface area contributed by atoms with Crippen LogP contribution in [0.3, 0.4) is 0 Å². The molecule has 6 N–H and O–H groups in total. The summed E-state index contributed by atoms with van der Waals surface area (Å²) in [4.78, 5) is 31.2. The highest BCUT2D eigenvalue weighted by Crippen LogP contribution is 2.28. The topological polar surface area (TPSA) is 144 Å². The second kappa shape index (κ2) is 16.1. The summed E-state index contributed by atoms with van der Waals surface area (Å²) in [5.74, 6) is -0.800. The number of phenols is 1. The van der Waals surface area contributed by atoms with E-state index in [0.717, 1.165) is 16.7 Å². The molecule has 1 fully saturated rings. The minimum Gasteiger partial charge on any atom is -0.507 e. The molecule has 2 unspecified atom stereocenters. The highest BCUT2D eigenvalue weighted by molar-refractivity contribution is 7.82. The van der Waals surface area contributed by atoms with Crippen LogP contribution in [-0.2, 0) is 20.8 Å². The quantitative estimate of drug-likeness (QED) is 0.208. The van der Waals surface area contributed by atoms with Crippen molar-refractivity contribution >= 4 is 30.7 Å². The number of thiol groups is 1. The number of carbonyl (C=O) groups excluding carboxylic acids is 2. The van der Waals surface area contributed by atoms with Crippen molar-refractivity contribution in [2.45, 2.75) is 69.7 Å². The number of benzene rings is 2. The molecule has 8 heteroatoms. The van der Waals surface area contributed by atoms with E-state index >= 15 is 0 Å². The van der Waals surface area contributed by atoms with E-state index in [-0.39, 0.29) is 12.2 Å². The third kappa shape index (κ3) is 12.0. The molecule has 0 heterocycles. The molecule has 0 aliphatic heterocycles. The minimum atomic E-state index is -1.01. The number of ketones is 1. The van der Waals surface area contributed by atoms with Gasteiger partial charge in [0.25, 0.3) is 0 Å². The summed E-state index contributed by atoms with van der Waals surface area (Å²) >= 11 is 3.96. The van der Waals surface area contributed by atoms with Crippen LogP contribution in [0.5, 0.6) is 5.75 Å². The standard InChI is InChI=1S/C15H15NO3.C7H12O2S.C5H11N/c16-13(15(18)19)9-10-5-7-11(8-6-10)12-3-1-2-4-14(12)17;1-5(2)3-7(10)6(9)4-8;6-5-3-1-2-4-5/h1-8,13,17H,9,16H2,(H,18,19);4-5,7,10H,3H2,1-2H3;5H,1-4,6H2. The van der Waals surface area contributed by atoms with Gasteiger partial charge >= 0.3 is 5.97 Å². The lowest BCUT2D eigenvalue weighted by molar-refractivity contribution is -0.138. The molecule has 2 atom stereocenters. The zero-order chi connectivity index (χ0) is 26.4. The van der Waals surface area contributed by atoms with Crippen molar-refractivity contribution in [2.75, 3.05) is 0 Å². The molecule has 0 amide bonds. The molecular weight excluding hydrogens is 464 g/mol. The first-order valence-electron chi connectivity index (χ1n) is 11.8. The zero-order valence-electron chi connectivity index (χ0n) is 20.5. The molecule has 0 spiro atoms. The molecule has 2 aromatic rings. The molecule has 1 aliphatic carbocycles. The van der Waals surface area contributed by atoms with Crippen LogP contribution in [0.1, 0.15) is 51.5 Å². The van der Waals surface area contributed by atoms with Gasteiger partial charge in [0.05, 0.1) is 5.25 Å². The van der Waals surface area contributed by atoms with E-state index in [2.05, 4.69) is 12.6 Å². The Labute approximate surface area is 213 Å². The Balaban J connectivity index is 0.000000318. The van der Waals surface area contributed by atoms with Crippen molar-refractivity contribution in [3.63, 3.8) is 0 Å². The van der Waals surface area contributed by atoms with Gasteiger partial charge in [0.15, 0.2) is 6.29 Å². The predicted molar refractivity (Wildman–Crippen MR) is 143 cm³/mol. The number of phenolic OH excluding ortho intramolecular Hbond substituents is 1. The highest BCUT2D eigenvalue weighted by atomic mass is 32.1. The maximum atomic E-state index is 10.7. The predicted octanol–water partition coefficient (Wildman–Crippen LogP) is 4.00. The van der Waals surface area contributed by atoms with Crippen molar-refractivity contribution in [1.82, 2.24) is 0 Å². The number of Topliss-reactive ketones (excluding diaryl/α,β-unsaturated/α-hetero) is 1. The van der Waals surface area contributed by atoms with E-state index in [0.29, 0.717) is 24.7 Å². The van der Waals surface area contributed by atoms with Crippen LogP contribution in [0.4, 0.5) is 0 Å². The Bertz CT molecular complexity index is 927. The van der Waals surface area contributed by atoms with Crippen LogP contribution in [0.2, 0.25) is 0 Å². The number of aldehydes is 1. The smallest absolute Gasteiger partial charge is 0.320 e. The average molecular weight is 503 g/mol. The van der Waals surface area contributed by atoms with Gasteiger partial charge in [0.1, 0.15) is 11.8 Å². The maximum absolute atomic E-state index is 10.7. The number of para-hydroxylation sites is 1. The molecule has 1 saturated carbocycles. The summed E-state index contributed by atoms with van der Waals surface area (Å²) in [5.41, 5.74) is 13.5. The van der Waals surface area contributed by atoms with Crippen LogP contribution in [-0.4, -0.2) is 45.6 Å². The number of aliphatic carboxylic acids is 1. The fraction of sp³-hybridized carbons (Fsp3) is 0.444. The first kappa shape index (κ1) is 30.4. The Morgan fingerprint density at radius 3 is 2.09 bits per heavy atom. The van der Waals surface area contributed by atoms with Gasteiger partial charge in [-0.15, -0.1) is 0 Å². The van der Waals surface area contributed by atoms with Crippen molar-refractivity contribution < 1.29 is 24.6 Å². The molecule has 0 bridgehead atoms. The Hall–Kier alpha value is -2.68. The Kier molecular flexibility index (Phi) is 13.9. The fourth-order valence-corrected chi connectivity index (χ4v) is 3.96. The SMILES string of the molecule is CC(C)CC(S)C(=O)C=O.NC(Cc1ccc(-c2ccccc2O)cc1)C(=O)O.NC1CCCC1. The lowest BCUT2D eigenvalue weighted by Crippen LogP contribution is -2.32. The maximum Gasteiger partial charge on any atom is 0.320 e. The van der Waals surface area contributed by atoms with Gasteiger partial charge in [-0.05, 0) is 48.8 Å². The highest BCUT2D eigenvalue weighted by Gasteiger charge is 2.14. The van der Waals surface area contributed by atoms with Crippen LogP contribution < -0.4 is 11.5 Å². The largest absolute Gasteiger partial charge is 0.507 e. The van der Waals surface area contributed by atoms with Crippen LogP contribution in [0, 0.1) is 5.92 Å². The zero-order valence-corrected chi connectivity index (χ0v) is 21.4. The summed E-state index contributed by atoms with van der Waals surface area (Å²) in [6.45, 7) is 3.97. The second-order valence-corrected chi connectivity index (χ2v) is 9.70. The monoisotopic (exact) mass is 502 g/mol. The first-order chi connectivity index (χ1) is 16.5. The average Bonchev–Trinajstić information content (AvgIpc) is 3.30. The Morgan fingerprint density at radius 1 is 1.09 bits per heavy atom. The van der Waals surface area contributed by atoms with Crippen molar-refractivity contribution in [2.24, 2.45) is 17.4 Å². The van der Waals surface area contributed by atoms with E-state index < -0.39 is 23.0 Å². The molecule has 0 aromatic heterocycles.